The summed E-state index contributed by atoms with van der Waals surface area (Å²) >= 11 is 3.49. The normalized spacial score (nSPS) is 17.0. The van der Waals surface area contributed by atoms with Crippen LogP contribution in [-0.4, -0.2) is 54.0 Å². The van der Waals surface area contributed by atoms with E-state index in [0.29, 0.717) is 18.3 Å². The molecule has 144 valence electrons. The van der Waals surface area contributed by atoms with Crippen LogP contribution in [0.25, 0.3) is 0 Å². The molecule has 2 heterocycles. The van der Waals surface area contributed by atoms with E-state index in [1.165, 1.54) is 11.6 Å². The van der Waals surface area contributed by atoms with Gasteiger partial charge in [-0.25, -0.2) is 4.39 Å². The minimum absolute atomic E-state index is 0.298. The number of hydrogen-bond donors (Lipinski definition) is 1. The topological polar surface area (TPSA) is 43.8 Å². The van der Waals surface area contributed by atoms with Crippen LogP contribution in [0.2, 0.25) is 0 Å². The molecular weight excluding hydrogens is 409 g/mol. The van der Waals surface area contributed by atoms with Gasteiger partial charge in [0.2, 0.25) is 0 Å². The van der Waals surface area contributed by atoms with Crippen molar-refractivity contribution in [1.82, 2.24) is 20.1 Å². The number of benzene rings is 1. The Morgan fingerprint density at radius 1 is 1.22 bits per heavy atom. The Bertz CT molecular complexity index is 772. The lowest BCUT2D eigenvalue weighted by Gasteiger charge is -2.39. The van der Waals surface area contributed by atoms with Gasteiger partial charge in [0.15, 0.2) is 5.96 Å². The maximum Gasteiger partial charge on any atom is 0.194 e. The van der Waals surface area contributed by atoms with Crippen molar-refractivity contribution in [1.29, 1.82) is 0 Å². The molecule has 7 heteroatoms. The van der Waals surface area contributed by atoms with E-state index in [1.54, 1.807) is 19.3 Å². The van der Waals surface area contributed by atoms with Gasteiger partial charge in [-0.1, -0.05) is 28.1 Å². The molecule has 0 radical (unpaired) electrons. The highest BCUT2D eigenvalue weighted by molar-refractivity contribution is 9.10. The predicted molar refractivity (Wildman–Crippen MR) is 110 cm³/mol. The molecule has 0 aliphatic carbocycles. The summed E-state index contributed by atoms with van der Waals surface area (Å²) in [6.07, 6.45) is 1.60. The molecule has 1 fully saturated rings. The summed E-state index contributed by atoms with van der Waals surface area (Å²) in [4.78, 5) is 13.1. The molecule has 0 amide bonds. The first kappa shape index (κ1) is 19.8. The summed E-state index contributed by atoms with van der Waals surface area (Å²) in [5.41, 5.74) is 1.72. The minimum atomic E-state index is -0.298. The van der Waals surface area contributed by atoms with Gasteiger partial charge in [-0.05, 0) is 36.8 Å². The summed E-state index contributed by atoms with van der Waals surface area (Å²) in [5, 5.41) is 3.23. The Balaban J connectivity index is 1.54. The van der Waals surface area contributed by atoms with Crippen molar-refractivity contribution in [3.05, 3.63) is 64.1 Å². The highest BCUT2D eigenvalue weighted by atomic mass is 79.9. The molecule has 1 aliphatic rings. The van der Waals surface area contributed by atoms with Crippen LogP contribution in [0.3, 0.4) is 0 Å². The van der Waals surface area contributed by atoms with E-state index >= 15 is 0 Å². The second-order valence-corrected chi connectivity index (χ2v) is 7.50. The molecular formula is C20H25BrFN5. The van der Waals surface area contributed by atoms with Crippen LogP contribution < -0.4 is 5.32 Å². The lowest BCUT2D eigenvalue weighted by atomic mass is 10.1. The molecule has 1 atom stereocenters. The van der Waals surface area contributed by atoms with E-state index in [2.05, 4.69) is 72.2 Å². The number of aliphatic imine (C=N–C) groups is 1. The van der Waals surface area contributed by atoms with Crippen LogP contribution in [-0.2, 0) is 6.54 Å². The summed E-state index contributed by atoms with van der Waals surface area (Å²) in [5.74, 6) is 0.490. The fraction of sp³-hybridized carbons (Fsp3) is 0.400. The van der Waals surface area contributed by atoms with Crippen molar-refractivity contribution in [3.63, 3.8) is 0 Å². The second-order valence-electron chi connectivity index (χ2n) is 6.58. The predicted octanol–water partition coefficient (Wildman–Crippen LogP) is 3.44. The molecule has 27 heavy (non-hydrogen) atoms. The molecule has 5 nitrogen and oxygen atoms in total. The Labute approximate surface area is 168 Å². The standard InChI is InChI=1S/C20H25BrFN5/c1-15(16-5-7-17(21)8-6-16)26-10-12-27(13-11-26)20(23-2)25-14-19-18(22)4-3-9-24-19/h3-9,15H,10-14H2,1-2H3,(H,23,25). The largest absolute Gasteiger partial charge is 0.350 e. The van der Waals surface area contributed by atoms with Crippen molar-refractivity contribution < 1.29 is 4.39 Å². The Hall–Kier alpha value is -1.99. The molecule has 1 aliphatic heterocycles. The van der Waals surface area contributed by atoms with E-state index in [0.717, 1.165) is 36.6 Å². The third kappa shape index (κ3) is 5.05. The number of guanidine groups is 1. The molecule has 1 aromatic carbocycles. The third-order valence-electron chi connectivity index (χ3n) is 4.97. The van der Waals surface area contributed by atoms with E-state index in [9.17, 15) is 4.39 Å². The maximum atomic E-state index is 13.7. The zero-order chi connectivity index (χ0) is 19.2. The smallest absolute Gasteiger partial charge is 0.194 e. The number of nitrogens with zero attached hydrogens (tertiary/aromatic N) is 4. The van der Waals surface area contributed by atoms with E-state index in [-0.39, 0.29) is 5.82 Å². The summed E-state index contributed by atoms with van der Waals surface area (Å²) in [6.45, 7) is 6.24. The Morgan fingerprint density at radius 3 is 2.56 bits per heavy atom. The van der Waals surface area contributed by atoms with Gasteiger partial charge in [-0.2, -0.15) is 0 Å². The first-order valence-corrected chi connectivity index (χ1v) is 9.92. The van der Waals surface area contributed by atoms with Crippen molar-refractivity contribution in [3.8, 4) is 0 Å². The molecule has 0 spiro atoms. The quantitative estimate of drug-likeness (QED) is 0.592. The van der Waals surface area contributed by atoms with Gasteiger partial charge in [0, 0.05) is 49.9 Å². The van der Waals surface area contributed by atoms with Crippen LogP contribution in [0.1, 0.15) is 24.2 Å². The van der Waals surface area contributed by atoms with E-state index in [1.807, 2.05) is 0 Å². The van der Waals surface area contributed by atoms with Gasteiger partial charge in [-0.15, -0.1) is 0 Å². The molecule has 1 unspecified atom stereocenters. The highest BCUT2D eigenvalue weighted by Crippen LogP contribution is 2.23. The van der Waals surface area contributed by atoms with Crippen molar-refractivity contribution in [2.45, 2.75) is 19.5 Å². The van der Waals surface area contributed by atoms with Gasteiger partial charge < -0.3 is 10.2 Å². The zero-order valence-electron chi connectivity index (χ0n) is 15.7. The molecule has 1 saturated heterocycles. The molecule has 0 saturated carbocycles. The van der Waals surface area contributed by atoms with Crippen molar-refractivity contribution >= 4 is 21.9 Å². The fourth-order valence-corrected chi connectivity index (χ4v) is 3.58. The fourth-order valence-electron chi connectivity index (χ4n) is 3.32. The summed E-state index contributed by atoms with van der Waals surface area (Å²) < 4.78 is 14.8. The van der Waals surface area contributed by atoms with Crippen LogP contribution in [0, 0.1) is 5.82 Å². The number of pyridine rings is 1. The monoisotopic (exact) mass is 433 g/mol. The maximum absolute atomic E-state index is 13.7. The van der Waals surface area contributed by atoms with Gasteiger partial charge in [-0.3, -0.25) is 14.9 Å². The number of hydrogen-bond acceptors (Lipinski definition) is 3. The molecule has 2 aromatic rings. The average molecular weight is 434 g/mol. The van der Waals surface area contributed by atoms with Gasteiger partial charge in [0.1, 0.15) is 5.82 Å². The van der Waals surface area contributed by atoms with Gasteiger partial charge in [0.05, 0.1) is 12.2 Å². The third-order valence-corrected chi connectivity index (χ3v) is 5.50. The summed E-state index contributed by atoms with van der Waals surface area (Å²) in [6, 6.07) is 11.9. The molecule has 1 aromatic heterocycles. The lowest BCUT2D eigenvalue weighted by Crippen LogP contribution is -2.52. The first-order chi connectivity index (χ1) is 13.1. The van der Waals surface area contributed by atoms with Crippen LogP contribution >= 0.6 is 15.9 Å². The van der Waals surface area contributed by atoms with Gasteiger partial charge >= 0.3 is 0 Å². The molecule has 0 bridgehead atoms. The zero-order valence-corrected chi connectivity index (χ0v) is 17.3. The Morgan fingerprint density at radius 2 is 1.93 bits per heavy atom. The SMILES string of the molecule is CN=C(NCc1ncccc1F)N1CCN(C(C)c2ccc(Br)cc2)CC1. The highest BCUT2D eigenvalue weighted by Gasteiger charge is 2.23. The number of aromatic nitrogens is 1. The van der Waals surface area contributed by atoms with Crippen LogP contribution in [0.4, 0.5) is 4.39 Å². The minimum Gasteiger partial charge on any atom is -0.350 e. The van der Waals surface area contributed by atoms with Gasteiger partial charge in [0.25, 0.3) is 0 Å². The van der Waals surface area contributed by atoms with Crippen molar-refractivity contribution in [2.24, 2.45) is 4.99 Å². The molecule has 3 rings (SSSR count). The number of halogens is 2. The van der Waals surface area contributed by atoms with Crippen LogP contribution in [0.5, 0.6) is 0 Å². The average Bonchev–Trinajstić information content (AvgIpc) is 2.70. The number of nitrogens with one attached hydrogen (secondary N) is 1. The number of piperazine rings is 1. The van der Waals surface area contributed by atoms with E-state index < -0.39 is 0 Å². The second kappa shape index (κ2) is 9.28. The lowest BCUT2D eigenvalue weighted by molar-refractivity contribution is 0.138. The van der Waals surface area contributed by atoms with Crippen LogP contribution in [0.15, 0.2) is 52.1 Å². The summed E-state index contributed by atoms with van der Waals surface area (Å²) in [7, 11) is 1.76. The number of rotatable bonds is 4. The first-order valence-electron chi connectivity index (χ1n) is 9.13. The molecule has 1 N–H and O–H groups in total. The van der Waals surface area contributed by atoms with E-state index in [4.69, 9.17) is 0 Å². The van der Waals surface area contributed by atoms with Crippen molar-refractivity contribution in [2.75, 3.05) is 33.2 Å². The Kier molecular flexibility index (Phi) is 6.79.